The Hall–Kier alpha value is -1.74. The normalized spacial score (nSPS) is 14.7. The first-order chi connectivity index (χ1) is 9.90. The van der Waals surface area contributed by atoms with Crippen molar-refractivity contribution in [3.8, 4) is 0 Å². The molecule has 1 aliphatic rings. The lowest BCUT2D eigenvalue weighted by atomic mass is 10.0. The molecule has 1 aliphatic heterocycles. The standard InChI is InChI=1S/C12H14F3N3O3/c1-20-11(19)10-7-2-3-16-4-8(7)17-9(18-10)5-21-6-12(13,14)15/h16H,2-6H2,1H3. The quantitative estimate of drug-likeness (QED) is 0.836. The van der Waals surface area contributed by atoms with E-state index in [1.807, 2.05) is 0 Å². The van der Waals surface area contributed by atoms with E-state index in [4.69, 9.17) is 0 Å². The van der Waals surface area contributed by atoms with Gasteiger partial charge in [-0.2, -0.15) is 13.2 Å². The number of alkyl halides is 3. The number of hydrogen-bond donors (Lipinski definition) is 1. The van der Waals surface area contributed by atoms with Crippen molar-refractivity contribution in [3.63, 3.8) is 0 Å². The summed E-state index contributed by atoms with van der Waals surface area (Å²) in [6, 6.07) is 0. The van der Waals surface area contributed by atoms with Crippen LogP contribution >= 0.6 is 0 Å². The van der Waals surface area contributed by atoms with Crippen LogP contribution in [0.2, 0.25) is 0 Å². The van der Waals surface area contributed by atoms with Gasteiger partial charge < -0.3 is 14.8 Å². The van der Waals surface area contributed by atoms with Crippen molar-refractivity contribution in [2.75, 3.05) is 20.3 Å². The minimum Gasteiger partial charge on any atom is -0.464 e. The van der Waals surface area contributed by atoms with E-state index in [9.17, 15) is 18.0 Å². The lowest BCUT2D eigenvalue weighted by molar-refractivity contribution is -0.177. The molecule has 0 bridgehead atoms. The van der Waals surface area contributed by atoms with Crippen LogP contribution in [-0.4, -0.2) is 42.4 Å². The summed E-state index contributed by atoms with van der Waals surface area (Å²) in [5, 5.41) is 3.07. The molecular formula is C12H14F3N3O3. The number of ether oxygens (including phenoxy) is 2. The highest BCUT2D eigenvalue weighted by Gasteiger charge is 2.28. The average Bonchev–Trinajstić information content (AvgIpc) is 2.44. The molecule has 116 valence electrons. The number of fused-ring (bicyclic) bond motifs is 1. The number of rotatable bonds is 4. The van der Waals surface area contributed by atoms with Crippen LogP contribution in [0.3, 0.4) is 0 Å². The van der Waals surface area contributed by atoms with Gasteiger partial charge >= 0.3 is 12.1 Å². The van der Waals surface area contributed by atoms with Gasteiger partial charge in [-0.25, -0.2) is 14.8 Å². The number of carbonyl (C=O) groups is 1. The van der Waals surface area contributed by atoms with E-state index in [-0.39, 0.29) is 11.5 Å². The number of halogens is 3. The minimum absolute atomic E-state index is 0.0297. The van der Waals surface area contributed by atoms with Gasteiger partial charge in [0.15, 0.2) is 11.5 Å². The van der Waals surface area contributed by atoms with E-state index in [1.165, 1.54) is 7.11 Å². The van der Waals surface area contributed by atoms with Crippen molar-refractivity contribution in [1.29, 1.82) is 0 Å². The van der Waals surface area contributed by atoms with Gasteiger partial charge in [0, 0.05) is 12.1 Å². The van der Waals surface area contributed by atoms with Crippen LogP contribution in [0.5, 0.6) is 0 Å². The Morgan fingerprint density at radius 3 is 2.81 bits per heavy atom. The highest BCUT2D eigenvalue weighted by molar-refractivity contribution is 5.89. The molecule has 1 aromatic rings. The molecule has 2 heterocycles. The number of nitrogens with zero attached hydrogens (tertiary/aromatic N) is 2. The van der Waals surface area contributed by atoms with Crippen molar-refractivity contribution in [2.45, 2.75) is 25.7 Å². The lowest BCUT2D eigenvalue weighted by Gasteiger charge is -2.19. The molecule has 0 atom stereocenters. The maximum atomic E-state index is 12.0. The second-order valence-electron chi connectivity index (χ2n) is 4.44. The lowest BCUT2D eigenvalue weighted by Crippen LogP contribution is -2.29. The number of hydrogen-bond acceptors (Lipinski definition) is 6. The molecule has 0 fully saturated rings. The Kier molecular flexibility index (Phi) is 4.73. The van der Waals surface area contributed by atoms with Crippen LogP contribution in [0.1, 0.15) is 27.6 Å². The van der Waals surface area contributed by atoms with E-state index in [0.29, 0.717) is 30.8 Å². The Morgan fingerprint density at radius 2 is 2.14 bits per heavy atom. The summed E-state index contributed by atoms with van der Waals surface area (Å²) >= 11 is 0. The largest absolute Gasteiger partial charge is 0.464 e. The predicted octanol–water partition coefficient (Wildman–Crippen LogP) is 0.988. The van der Waals surface area contributed by atoms with E-state index < -0.39 is 25.4 Å². The second-order valence-corrected chi connectivity index (χ2v) is 4.44. The molecule has 0 aliphatic carbocycles. The highest BCUT2D eigenvalue weighted by atomic mass is 19.4. The van der Waals surface area contributed by atoms with Crippen molar-refractivity contribution >= 4 is 5.97 Å². The van der Waals surface area contributed by atoms with Crippen LogP contribution in [0.15, 0.2) is 0 Å². The van der Waals surface area contributed by atoms with Crippen LogP contribution in [0.25, 0.3) is 0 Å². The molecule has 0 saturated carbocycles. The van der Waals surface area contributed by atoms with Crippen LogP contribution in [0, 0.1) is 0 Å². The second kappa shape index (κ2) is 6.35. The fourth-order valence-corrected chi connectivity index (χ4v) is 2.00. The first-order valence-electron chi connectivity index (χ1n) is 6.23. The molecule has 0 aromatic carbocycles. The SMILES string of the molecule is COC(=O)c1nc(COCC(F)(F)F)nc2c1CCNC2. The van der Waals surface area contributed by atoms with Crippen molar-refractivity contribution in [1.82, 2.24) is 15.3 Å². The molecular weight excluding hydrogens is 291 g/mol. The molecule has 6 nitrogen and oxygen atoms in total. The van der Waals surface area contributed by atoms with Crippen LogP contribution < -0.4 is 5.32 Å². The summed E-state index contributed by atoms with van der Waals surface area (Å²) in [6.07, 6.45) is -3.86. The maximum absolute atomic E-state index is 12.0. The molecule has 1 aromatic heterocycles. The highest BCUT2D eigenvalue weighted by Crippen LogP contribution is 2.18. The summed E-state index contributed by atoms with van der Waals surface area (Å²) in [6.45, 7) is -0.714. The van der Waals surface area contributed by atoms with Gasteiger partial charge in [-0.05, 0) is 13.0 Å². The number of esters is 1. The van der Waals surface area contributed by atoms with Crippen molar-refractivity contribution in [3.05, 3.63) is 22.8 Å². The van der Waals surface area contributed by atoms with Crippen LogP contribution in [-0.2, 0) is 29.0 Å². The average molecular weight is 305 g/mol. The Bertz CT molecular complexity index is 534. The Balaban J connectivity index is 2.20. The molecule has 0 spiro atoms. The monoisotopic (exact) mass is 305 g/mol. The third kappa shape index (κ3) is 4.11. The van der Waals surface area contributed by atoms with Gasteiger partial charge in [0.1, 0.15) is 13.2 Å². The van der Waals surface area contributed by atoms with E-state index in [0.717, 1.165) is 0 Å². The molecule has 9 heteroatoms. The van der Waals surface area contributed by atoms with Gasteiger partial charge in [0.05, 0.1) is 12.8 Å². The van der Waals surface area contributed by atoms with Gasteiger partial charge in [-0.1, -0.05) is 0 Å². The zero-order valence-corrected chi connectivity index (χ0v) is 11.3. The maximum Gasteiger partial charge on any atom is 0.411 e. The van der Waals surface area contributed by atoms with Crippen molar-refractivity contribution in [2.24, 2.45) is 0 Å². The van der Waals surface area contributed by atoms with Gasteiger partial charge in [0.25, 0.3) is 0 Å². The summed E-state index contributed by atoms with van der Waals surface area (Å²) in [4.78, 5) is 19.8. The van der Waals surface area contributed by atoms with Gasteiger partial charge in [-0.15, -0.1) is 0 Å². The minimum atomic E-state index is -4.42. The number of nitrogens with one attached hydrogen (secondary N) is 1. The third-order valence-electron chi connectivity index (χ3n) is 2.86. The summed E-state index contributed by atoms with van der Waals surface area (Å²) in [5.41, 5.74) is 1.34. The smallest absolute Gasteiger partial charge is 0.411 e. The zero-order valence-electron chi connectivity index (χ0n) is 11.3. The third-order valence-corrected chi connectivity index (χ3v) is 2.86. The topological polar surface area (TPSA) is 73.3 Å². The number of carbonyl (C=O) groups excluding carboxylic acids is 1. The predicted molar refractivity (Wildman–Crippen MR) is 64.5 cm³/mol. The fraction of sp³-hybridized carbons (Fsp3) is 0.583. The van der Waals surface area contributed by atoms with E-state index >= 15 is 0 Å². The summed E-state index contributed by atoms with van der Waals surface area (Å²) in [5.74, 6) is -0.602. The molecule has 0 radical (unpaired) electrons. The number of methoxy groups -OCH3 is 1. The zero-order chi connectivity index (χ0) is 15.5. The van der Waals surface area contributed by atoms with Gasteiger partial charge in [0.2, 0.25) is 0 Å². The summed E-state index contributed by atoms with van der Waals surface area (Å²) < 4.78 is 45.3. The van der Waals surface area contributed by atoms with Crippen molar-refractivity contribution < 1.29 is 27.4 Å². The molecule has 2 rings (SSSR count). The summed E-state index contributed by atoms with van der Waals surface area (Å²) in [7, 11) is 1.22. The first kappa shape index (κ1) is 15.6. The molecule has 0 amide bonds. The van der Waals surface area contributed by atoms with Crippen LogP contribution in [0.4, 0.5) is 13.2 Å². The molecule has 0 unspecified atom stereocenters. The van der Waals surface area contributed by atoms with E-state index in [2.05, 4.69) is 24.8 Å². The molecule has 21 heavy (non-hydrogen) atoms. The van der Waals surface area contributed by atoms with Gasteiger partial charge in [-0.3, -0.25) is 0 Å². The first-order valence-corrected chi connectivity index (χ1v) is 6.23. The molecule has 1 N–H and O–H groups in total. The number of aromatic nitrogens is 2. The van der Waals surface area contributed by atoms with E-state index in [1.54, 1.807) is 0 Å². The Morgan fingerprint density at radius 1 is 1.38 bits per heavy atom. The Labute approximate surface area is 118 Å². The fourth-order valence-electron chi connectivity index (χ4n) is 2.00. The molecule has 0 saturated heterocycles.